The van der Waals surface area contributed by atoms with E-state index in [0.29, 0.717) is 0 Å². The lowest BCUT2D eigenvalue weighted by Crippen LogP contribution is -2.79. The lowest BCUT2D eigenvalue weighted by molar-refractivity contribution is -0.480. The molecule has 0 heterocycles. The molecule has 0 spiro atoms. The Morgan fingerprint density at radius 3 is 0.714 bits per heavy atom. The first-order valence-corrected chi connectivity index (χ1v) is 12.1. The summed E-state index contributed by atoms with van der Waals surface area (Å²) in [5.41, 5.74) is 0. The maximum absolute atomic E-state index is 13.8. The van der Waals surface area contributed by atoms with Crippen LogP contribution in [0, 0.1) is 0 Å². The summed E-state index contributed by atoms with van der Waals surface area (Å²) in [5, 5.41) is 0. The summed E-state index contributed by atoms with van der Waals surface area (Å²) in [5.74, 6) is -119. The molecule has 0 radical (unpaired) electrons. The highest BCUT2D eigenvalue weighted by molar-refractivity contribution is 7.52. The predicted octanol–water partition coefficient (Wildman–Crippen LogP) is 9.02. The van der Waals surface area contributed by atoms with Gasteiger partial charge in [0.15, 0.2) is 6.17 Å². The van der Waals surface area contributed by atoms with Crippen LogP contribution in [0.15, 0.2) is 0 Å². The summed E-state index contributed by atoms with van der Waals surface area (Å²) in [4.78, 5) is 16.0. The SMILES string of the molecule is O=P(O)(O)C(F)C(F)(F)C(F)(F)C(F)(F)C(F)(F)C(F)(F)C(F)(F)C(F)(F)C(F)(F)C(F)(F)C(F)(F)C(F)(F)C(F)(F)C(F)C(F)C(F)F. The van der Waals surface area contributed by atoms with Gasteiger partial charge in [-0.15, -0.1) is 0 Å². The van der Waals surface area contributed by atoms with E-state index in [1.54, 1.807) is 0 Å². The van der Waals surface area contributed by atoms with Gasteiger partial charge in [0.2, 0.25) is 6.17 Å². The molecule has 0 aliphatic rings. The Morgan fingerprint density at radius 1 is 0.347 bits per heavy atom. The highest BCUT2D eigenvalue weighted by Crippen LogP contribution is 2.69. The number of halogens is 29. The minimum absolute atomic E-state index is 5.35. The predicted molar refractivity (Wildman–Crippen MR) is 92.1 cm³/mol. The van der Waals surface area contributed by atoms with Crippen LogP contribution in [0.3, 0.4) is 0 Å². The van der Waals surface area contributed by atoms with Crippen molar-refractivity contribution in [2.24, 2.45) is 0 Å². The summed E-state index contributed by atoms with van der Waals surface area (Å²) in [6.07, 6.45) is -17.2. The molecule has 3 nitrogen and oxygen atoms in total. The minimum Gasteiger partial charge on any atom is -0.322 e. The molecule has 33 heteroatoms. The molecule has 2 N–H and O–H groups in total. The van der Waals surface area contributed by atoms with Gasteiger partial charge in [-0.05, 0) is 0 Å². The number of hydrogen-bond acceptors (Lipinski definition) is 1. The average molecular weight is 828 g/mol. The number of rotatable bonds is 16. The maximum Gasteiger partial charge on any atom is 0.385 e. The monoisotopic (exact) mass is 828 g/mol. The fourth-order valence-corrected chi connectivity index (χ4v) is 3.44. The summed E-state index contributed by atoms with van der Waals surface area (Å²) in [6.45, 7) is 0. The van der Waals surface area contributed by atoms with E-state index in [9.17, 15) is 132 Å². The van der Waals surface area contributed by atoms with Crippen LogP contribution in [-0.2, 0) is 4.57 Å². The molecule has 0 aromatic carbocycles. The molecule has 0 aromatic rings. The van der Waals surface area contributed by atoms with Gasteiger partial charge in [-0.1, -0.05) is 0 Å². The van der Waals surface area contributed by atoms with Crippen LogP contribution in [-0.4, -0.2) is 106 Å². The fourth-order valence-electron chi connectivity index (χ4n) is 2.86. The molecule has 3 atom stereocenters. The zero-order chi connectivity index (χ0) is 40.8. The van der Waals surface area contributed by atoms with Crippen LogP contribution in [0.1, 0.15) is 0 Å². The number of hydrogen-bond donors (Lipinski definition) is 2. The highest BCUT2D eigenvalue weighted by Gasteiger charge is 3.00. The van der Waals surface area contributed by atoms with Gasteiger partial charge < -0.3 is 9.79 Å². The van der Waals surface area contributed by atoms with Crippen molar-refractivity contribution in [1.29, 1.82) is 0 Å². The second kappa shape index (κ2) is 12.1. The van der Waals surface area contributed by atoms with Crippen LogP contribution < -0.4 is 0 Å². The molecule has 0 aromatic heterocycles. The normalized spacial score (nSPS) is 18.5. The van der Waals surface area contributed by atoms with Gasteiger partial charge in [-0.25, -0.2) is 22.0 Å². The first kappa shape index (κ1) is 47.1. The van der Waals surface area contributed by atoms with Gasteiger partial charge in [0.25, 0.3) is 12.3 Å². The maximum atomic E-state index is 13.8. The molecular formula is C16H6F29O3P. The first-order chi connectivity index (χ1) is 20.7. The third-order valence-corrected chi connectivity index (χ3v) is 6.76. The third kappa shape index (κ3) is 5.92. The molecule has 0 amide bonds. The largest absolute Gasteiger partial charge is 0.385 e. The smallest absolute Gasteiger partial charge is 0.322 e. The van der Waals surface area contributed by atoms with Crippen molar-refractivity contribution in [3.63, 3.8) is 0 Å². The molecule has 0 aliphatic heterocycles. The Labute approximate surface area is 246 Å². The Kier molecular flexibility index (Phi) is 11.6. The van der Waals surface area contributed by atoms with E-state index >= 15 is 0 Å². The lowest BCUT2D eigenvalue weighted by atomic mass is 9.83. The van der Waals surface area contributed by atoms with Crippen molar-refractivity contribution in [3.8, 4) is 0 Å². The standard InChI is InChI=1S/C16H6F29O3P/c17-1(3(19)20)2(18)5(22,23)7(26,27)9(30,31)11(34,35)13(38,39)15(42,43)16(44,45)14(40,41)12(36,37)10(32,33)8(28,29)6(24,25)4(21)49(46,47)48/h1-4H,(H2,46,47,48). The Hall–Kier alpha value is -1.88. The molecule has 3 unspecified atom stereocenters. The molecule has 0 bridgehead atoms. The van der Waals surface area contributed by atoms with E-state index in [1.807, 2.05) is 0 Å². The number of alkyl halides is 29. The van der Waals surface area contributed by atoms with Crippen LogP contribution in [0.25, 0.3) is 0 Å². The van der Waals surface area contributed by atoms with Crippen LogP contribution in [0.4, 0.5) is 127 Å². The first-order valence-electron chi connectivity index (χ1n) is 10.5. The average Bonchev–Trinajstić information content (AvgIpc) is 2.89. The van der Waals surface area contributed by atoms with Crippen molar-refractivity contribution < 1.29 is 142 Å². The van der Waals surface area contributed by atoms with Crippen molar-refractivity contribution >= 4 is 7.60 Å². The van der Waals surface area contributed by atoms with Crippen molar-refractivity contribution in [1.82, 2.24) is 0 Å². The van der Waals surface area contributed by atoms with Gasteiger partial charge in [-0.3, -0.25) is 4.57 Å². The van der Waals surface area contributed by atoms with Crippen molar-refractivity contribution in [2.75, 3.05) is 0 Å². The molecule has 0 saturated heterocycles. The van der Waals surface area contributed by atoms with E-state index in [2.05, 4.69) is 0 Å². The molecule has 0 aliphatic carbocycles. The molecular weight excluding hydrogens is 822 g/mol. The van der Waals surface area contributed by atoms with E-state index in [0.717, 1.165) is 0 Å². The molecule has 0 saturated carbocycles. The second-order valence-electron chi connectivity index (χ2n) is 9.10. The van der Waals surface area contributed by atoms with Gasteiger partial charge in [0.1, 0.15) is 0 Å². The van der Waals surface area contributed by atoms with Gasteiger partial charge >= 0.3 is 78.7 Å². The zero-order valence-corrected chi connectivity index (χ0v) is 21.9. The third-order valence-electron chi connectivity index (χ3n) is 5.85. The Balaban J connectivity index is 7.53. The molecule has 0 fully saturated rings. The quantitative estimate of drug-likeness (QED) is 0.121. The Bertz CT molecular complexity index is 1240. The second-order valence-corrected chi connectivity index (χ2v) is 10.7. The van der Waals surface area contributed by atoms with Crippen molar-refractivity contribution in [2.45, 2.75) is 95.8 Å². The Morgan fingerprint density at radius 2 is 0.531 bits per heavy atom. The van der Waals surface area contributed by atoms with Gasteiger partial charge in [0, 0.05) is 0 Å². The molecule has 0 rings (SSSR count). The fraction of sp³-hybridized carbons (Fsp3) is 1.00. The van der Waals surface area contributed by atoms with E-state index in [1.165, 1.54) is 0 Å². The van der Waals surface area contributed by atoms with Gasteiger partial charge in [0.05, 0.1) is 0 Å². The van der Waals surface area contributed by atoms with Crippen LogP contribution in [0.2, 0.25) is 0 Å². The molecule has 296 valence electrons. The van der Waals surface area contributed by atoms with E-state index in [4.69, 9.17) is 9.79 Å². The van der Waals surface area contributed by atoms with Gasteiger partial charge in [-0.2, -0.15) is 105 Å². The summed E-state index contributed by atoms with van der Waals surface area (Å²) < 4.78 is 400. The lowest BCUT2D eigenvalue weighted by Gasteiger charge is -2.46. The highest BCUT2D eigenvalue weighted by atomic mass is 31.2. The zero-order valence-electron chi connectivity index (χ0n) is 21.0. The topological polar surface area (TPSA) is 57.5 Å². The minimum atomic E-state index is -9.96. The van der Waals surface area contributed by atoms with E-state index in [-0.39, 0.29) is 0 Å². The summed E-state index contributed by atoms with van der Waals surface area (Å²) in [7, 11) is -7.68. The molecule has 49 heavy (non-hydrogen) atoms. The van der Waals surface area contributed by atoms with Crippen LogP contribution in [0.5, 0.6) is 0 Å². The van der Waals surface area contributed by atoms with Crippen LogP contribution >= 0.6 is 7.60 Å². The van der Waals surface area contributed by atoms with E-state index < -0.39 is 103 Å². The summed E-state index contributed by atoms with van der Waals surface area (Å²) in [6, 6.07) is 0. The van der Waals surface area contributed by atoms with Crippen molar-refractivity contribution in [3.05, 3.63) is 0 Å². The summed E-state index contributed by atoms with van der Waals surface area (Å²) >= 11 is 0.